The highest BCUT2D eigenvalue weighted by Gasteiger charge is 2.20. The Morgan fingerprint density at radius 2 is 2.03 bits per heavy atom. The number of halogens is 2. The van der Waals surface area contributed by atoms with E-state index in [4.69, 9.17) is 0 Å². The Labute approximate surface area is 173 Å². The van der Waals surface area contributed by atoms with Gasteiger partial charge in [-0.1, -0.05) is 28.1 Å². The van der Waals surface area contributed by atoms with Crippen LogP contribution in [0.1, 0.15) is 27.2 Å². The first kappa shape index (κ1) is 20.1. The second kappa shape index (κ2) is 8.58. The maximum atomic E-state index is 13.2. The van der Waals surface area contributed by atoms with Crippen molar-refractivity contribution in [2.75, 3.05) is 0 Å². The number of hydrazone groups is 1. The van der Waals surface area contributed by atoms with Crippen molar-refractivity contribution in [3.8, 4) is 11.8 Å². The number of hydrogen-bond acceptors (Lipinski definition) is 5. The molecule has 1 aromatic heterocycles. The zero-order valence-electron chi connectivity index (χ0n) is 15.1. The molecule has 0 fully saturated rings. The fraction of sp³-hybridized carbons (Fsp3) is 0.0500. The second-order valence-corrected chi connectivity index (χ2v) is 6.82. The Hall–Kier alpha value is -3.64. The topological polar surface area (TPSA) is 100 Å². The van der Waals surface area contributed by atoms with Gasteiger partial charge in [-0.2, -0.15) is 20.1 Å². The van der Waals surface area contributed by atoms with Crippen molar-refractivity contribution in [3.63, 3.8) is 0 Å². The quantitative estimate of drug-likeness (QED) is 0.484. The van der Waals surface area contributed by atoms with Crippen LogP contribution >= 0.6 is 15.9 Å². The summed E-state index contributed by atoms with van der Waals surface area (Å²) in [6.07, 6.45) is 1.44. The lowest BCUT2D eigenvalue weighted by atomic mass is 10.1. The molecule has 0 saturated heterocycles. The van der Waals surface area contributed by atoms with E-state index in [2.05, 4.69) is 31.6 Å². The van der Waals surface area contributed by atoms with E-state index in [1.54, 1.807) is 12.1 Å². The highest BCUT2D eigenvalue weighted by atomic mass is 79.9. The van der Waals surface area contributed by atoms with Crippen molar-refractivity contribution in [3.05, 3.63) is 91.6 Å². The van der Waals surface area contributed by atoms with Crippen LogP contribution in [-0.4, -0.2) is 21.9 Å². The van der Waals surface area contributed by atoms with Crippen LogP contribution in [0.2, 0.25) is 0 Å². The molecule has 29 heavy (non-hydrogen) atoms. The van der Waals surface area contributed by atoms with E-state index in [0.717, 1.165) is 26.9 Å². The Morgan fingerprint density at radius 3 is 2.69 bits per heavy atom. The number of rotatable bonds is 4. The zero-order chi connectivity index (χ0) is 21.0. The molecular weight excluding hydrogens is 441 g/mol. The van der Waals surface area contributed by atoms with Gasteiger partial charge in [-0.05, 0) is 48.9 Å². The summed E-state index contributed by atoms with van der Waals surface area (Å²) in [7, 11) is 0. The number of carbonyl (C=O) groups is 1. The number of benzene rings is 2. The lowest BCUT2D eigenvalue weighted by Gasteiger charge is -2.10. The van der Waals surface area contributed by atoms with Gasteiger partial charge >= 0.3 is 0 Å². The number of aromatic nitrogens is 2. The van der Waals surface area contributed by atoms with Gasteiger partial charge in [0, 0.05) is 10.0 Å². The molecule has 0 aliphatic heterocycles. The predicted molar refractivity (Wildman–Crippen MR) is 108 cm³/mol. The van der Waals surface area contributed by atoms with Crippen LogP contribution < -0.4 is 11.0 Å². The van der Waals surface area contributed by atoms with Crippen molar-refractivity contribution < 1.29 is 9.18 Å². The monoisotopic (exact) mass is 453 g/mol. The van der Waals surface area contributed by atoms with E-state index in [9.17, 15) is 19.2 Å². The molecule has 2 aromatic carbocycles. The molecule has 9 heteroatoms. The molecule has 0 atom stereocenters. The Balaban J connectivity index is 1.96. The van der Waals surface area contributed by atoms with Crippen molar-refractivity contribution in [2.45, 2.75) is 6.92 Å². The van der Waals surface area contributed by atoms with Crippen LogP contribution in [0.25, 0.3) is 5.69 Å². The third-order valence-electron chi connectivity index (χ3n) is 3.96. The van der Waals surface area contributed by atoms with Crippen molar-refractivity contribution in [2.24, 2.45) is 5.10 Å². The molecule has 0 bridgehead atoms. The molecule has 0 aliphatic carbocycles. The summed E-state index contributed by atoms with van der Waals surface area (Å²) >= 11 is 3.34. The van der Waals surface area contributed by atoms with Gasteiger partial charge in [0.25, 0.3) is 11.5 Å². The maximum absolute atomic E-state index is 13.2. The van der Waals surface area contributed by atoms with Crippen LogP contribution in [0, 0.1) is 24.1 Å². The van der Waals surface area contributed by atoms with Crippen molar-refractivity contribution in [1.29, 1.82) is 5.26 Å². The fourth-order valence-electron chi connectivity index (χ4n) is 2.52. The SMILES string of the molecule is Cc1c(C(=O)N/N=C/c2cccc(Br)c2)nn(-c2ccc(F)cc2)c(=O)c1C#N. The lowest BCUT2D eigenvalue weighted by molar-refractivity contribution is 0.0947. The van der Waals surface area contributed by atoms with Crippen LogP contribution in [0.3, 0.4) is 0 Å². The van der Waals surface area contributed by atoms with Crippen LogP contribution in [-0.2, 0) is 0 Å². The van der Waals surface area contributed by atoms with Crippen LogP contribution in [0.15, 0.2) is 62.9 Å². The van der Waals surface area contributed by atoms with E-state index in [1.165, 1.54) is 25.3 Å². The van der Waals surface area contributed by atoms with Gasteiger partial charge in [0.15, 0.2) is 5.69 Å². The molecule has 0 spiro atoms. The van der Waals surface area contributed by atoms with E-state index in [0.29, 0.717) is 0 Å². The average Bonchev–Trinajstić information content (AvgIpc) is 2.69. The molecule has 3 aromatic rings. The molecule has 7 nitrogen and oxygen atoms in total. The van der Waals surface area contributed by atoms with Crippen LogP contribution in [0.4, 0.5) is 4.39 Å². The highest BCUT2D eigenvalue weighted by Crippen LogP contribution is 2.12. The number of nitriles is 1. The maximum Gasteiger partial charge on any atom is 0.292 e. The first-order valence-corrected chi connectivity index (χ1v) is 9.09. The smallest absolute Gasteiger partial charge is 0.266 e. The van der Waals surface area contributed by atoms with E-state index in [1.807, 2.05) is 18.2 Å². The first-order valence-electron chi connectivity index (χ1n) is 8.29. The molecule has 0 saturated carbocycles. The largest absolute Gasteiger partial charge is 0.292 e. The summed E-state index contributed by atoms with van der Waals surface area (Å²) in [5.74, 6) is -1.18. The molecule has 0 unspecified atom stereocenters. The van der Waals surface area contributed by atoms with E-state index >= 15 is 0 Å². The van der Waals surface area contributed by atoms with Gasteiger partial charge in [0.2, 0.25) is 0 Å². The predicted octanol–water partition coefficient (Wildman–Crippen LogP) is 3.08. The minimum atomic E-state index is -0.703. The van der Waals surface area contributed by atoms with Crippen molar-refractivity contribution in [1.82, 2.24) is 15.2 Å². The Kier molecular flexibility index (Phi) is 5.95. The molecule has 144 valence electrons. The Morgan fingerprint density at radius 1 is 1.31 bits per heavy atom. The fourth-order valence-corrected chi connectivity index (χ4v) is 2.93. The van der Waals surface area contributed by atoms with Crippen molar-refractivity contribution >= 4 is 28.1 Å². The third kappa shape index (κ3) is 4.44. The minimum Gasteiger partial charge on any atom is -0.266 e. The standard InChI is InChI=1S/C20H13BrFN5O2/c1-12-17(10-23)20(29)27(16-7-5-15(22)6-8-16)26-18(12)19(28)25-24-11-13-3-2-4-14(21)9-13/h2-9,11H,1H3,(H,25,28)/b24-11+. The second-order valence-electron chi connectivity index (χ2n) is 5.91. The van der Waals surface area contributed by atoms with Gasteiger partial charge in [-0.25, -0.2) is 9.82 Å². The molecule has 3 rings (SSSR count). The third-order valence-corrected chi connectivity index (χ3v) is 4.46. The summed E-state index contributed by atoms with van der Waals surface area (Å²) in [6.45, 7) is 1.45. The molecule has 1 heterocycles. The molecule has 0 aliphatic rings. The Bertz CT molecular complexity index is 1210. The number of carbonyl (C=O) groups excluding carboxylic acids is 1. The highest BCUT2D eigenvalue weighted by molar-refractivity contribution is 9.10. The molecule has 0 radical (unpaired) electrons. The summed E-state index contributed by atoms with van der Waals surface area (Å²) in [5, 5.41) is 17.3. The van der Waals surface area contributed by atoms with Crippen LogP contribution in [0.5, 0.6) is 0 Å². The molecular formula is C20H13BrFN5O2. The summed E-state index contributed by atoms with van der Waals surface area (Å²) in [6, 6.07) is 14.0. The minimum absolute atomic E-state index is 0.131. The molecule has 1 amide bonds. The van der Waals surface area contributed by atoms with E-state index in [-0.39, 0.29) is 22.5 Å². The summed E-state index contributed by atoms with van der Waals surface area (Å²) < 4.78 is 14.9. The summed E-state index contributed by atoms with van der Waals surface area (Å²) in [4.78, 5) is 25.1. The van der Waals surface area contributed by atoms with Gasteiger partial charge < -0.3 is 0 Å². The average molecular weight is 454 g/mol. The van der Waals surface area contributed by atoms with Gasteiger partial charge in [0.05, 0.1) is 11.9 Å². The van der Waals surface area contributed by atoms with Gasteiger partial charge in [0.1, 0.15) is 17.4 Å². The lowest BCUT2D eigenvalue weighted by Crippen LogP contribution is -2.31. The number of amides is 1. The number of hydrogen-bond donors (Lipinski definition) is 1. The van der Waals surface area contributed by atoms with Gasteiger partial charge in [-0.15, -0.1) is 0 Å². The normalized spacial score (nSPS) is 10.7. The first-order chi connectivity index (χ1) is 13.9. The van der Waals surface area contributed by atoms with Gasteiger partial charge in [-0.3, -0.25) is 9.59 Å². The summed E-state index contributed by atoms with van der Waals surface area (Å²) in [5.41, 5.74) is 2.36. The number of nitrogens with zero attached hydrogens (tertiary/aromatic N) is 4. The number of nitrogens with one attached hydrogen (secondary N) is 1. The molecule has 1 N–H and O–H groups in total. The van der Waals surface area contributed by atoms with E-state index < -0.39 is 17.3 Å². The zero-order valence-corrected chi connectivity index (χ0v) is 16.6.